The van der Waals surface area contributed by atoms with Crippen molar-refractivity contribution in [3.8, 4) is 0 Å². The van der Waals surface area contributed by atoms with Crippen LogP contribution in [0, 0.1) is 5.82 Å². The summed E-state index contributed by atoms with van der Waals surface area (Å²) >= 11 is 0. The van der Waals surface area contributed by atoms with Gasteiger partial charge in [-0.25, -0.2) is 4.39 Å². The number of fused-ring (bicyclic) bond motifs is 2. The third-order valence-corrected chi connectivity index (χ3v) is 5.97. The van der Waals surface area contributed by atoms with Crippen LogP contribution >= 0.6 is 12.4 Å². The number of imide groups is 1. The lowest BCUT2D eigenvalue weighted by molar-refractivity contribution is 0.0879. The third kappa shape index (κ3) is 3.59. The molecule has 30 heavy (non-hydrogen) atoms. The van der Waals surface area contributed by atoms with Crippen LogP contribution in [0.25, 0.3) is 10.9 Å². The normalized spacial score (nSPS) is 17.5. The first-order chi connectivity index (χ1) is 14.1. The molecular weight excluding hydrogens is 407 g/mol. The Hall–Kier alpha value is -2.77. The molecule has 1 fully saturated rings. The van der Waals surface area contributed by atoms with E-state index in [9.17, 15) is 14.0 Å². The van der Waals surface area contributed by atoms with E-state index in [4.69, 9.17) is 0 Å². The van der Waals surface area contributed by atoms with Crippen LogP contribution in [0.3, 0.4) is 0 Å². The first-order valence-corrected chi connectivity index (χ1v) is 9.96. The van der Waals surface area contributed by atoms with Crippen molar-refractivity contribution in [1.29, 1.82) is 0 Å². The lowest BCUT2D eigenvalue weighted by Crippen LogP contribution is -2.35. The summed E-state index contributed by atoms with van der Waals surface area (Å²) in [6.45, 7) is 1.96. The van der Waals surface area contributed by atoms with E-state index in [1.54, 1.807) is 12.1 Å². The topological polar surface area (TPSA) is 78.1 Å². The van der Waals surface area contributed by atoms with Crippen LogP contribution in [-0.2, 0) is 6.42 Å². The van der Waals surface area contributed by atoms with Crippen LogP contribution in [0.2, 0.25) is 0 Å². The molecule has 0 saturated carbocycles. The second-order valence-corrected chi connectivity index (χ2v) is 7.77. The molecule has 156 valence electrons. The molecule has 6 nitrogen and oxygen atoms in total. The number of aromatic nitrogens is 2. The highest BCUT2D eigenvalue weighted by atomic mass is 35.5. The molecule has 2 aromatic carbocycles. The average molecular weight is 429 g/mol. The molecule has 2 amide bonds. The van der Waals surface area contributed by atoms with Crippen molar-refractivity contribution in [1.82, 2.24) is 20.4 Å². The molecule has 5 rings (SSSR count). The SMILES string of the molecule is Cl.O=C1NC(=O)c2cc(C(Cc3[nH]nc4cc(F)ccc34)N3CCCCC3)ccc21. The number of halogens is 2. The summed E-state index contributed by atoms with van der Waals surface area (Å²) in [5, 5.41) is 10.6. The molecule has 3 aromatic rings. The summed E-state index contributed by atoms with van der Waals surface area (Å²) in [6, 6.07) is 10.2. The predicted molar refractivity (Wildman–Crippen MR) is 113 cm³/mol. The average Bonchev–Trinajstić information content (AvgIpc) is 3.26. The van der Waals surface area contributed by atoms with E-state index in [-0.39, 0.29) is 36.1 Å². The fraction of sp³-hybridized carbons (Fsp3) is 0.318. The van der Waals surface area contributed by atoms with Gasteiger partial charge in [0.05, 0.1) is 16.6 Å². The fourth-order valence-electron chi connectivity index (χ4n) is 4.47. The molecule has 1 aromatic heterocycles. The summed E-state index contributed by atoms with van der Waals surface area (Å²) in [4.78, 5) is 26.5. The number of hydrogen-bond acceptors (Lipinski definition) is 4. The Morgan fingerprint density at radius 1 is 1.00 bits per heavy atom. The maximum Gasteiger partial charge on any atom is 0.258 e. The predicted octanol–water partition coefficient (Wildman–Crippen LogP) is 3.78. The minimum absolute atomic E-state index is 0. The number of rotatable bonds is 4. The molecule has 1 atom stereocenters. The van der Waals surface area contributed by atoms with Gasteiger partial charge in [0.15, 0.2) is 0 Å². The number of H-pyrrole nitrogens is 1. The molecular formula is C22H22ClFN4O2. The van der Waals surface area contributed by atoms with Crippen molar-refractivity contribution in [3.05, 3.63) is 64.6 Å². The highest BCUT2D eigenvalue weighted by Crippen LogP contribution is 2.32. The first kappa shape index (κ1) is 20.5. The van der Waals surface area contributed by atoms with Crippen LogP contribution < -0.4 is 5.32 Å². The van der Waals surface area contributed by atoms with E-state index in [1.165, 1.54) is 18.6 Å². The van der Waals surface area contributed by atoms with Crippen molar-refractivity contribution in [3.63, 3.8) is 0 Å². The Kier molecular flexibility index (Phi) is 5.58. The van der Waals surface area contributed by atoms with E-state index in [1.807, 2.05) is 12.1 Å². The van der Waals surface area contributed by atoms with Crippen molar-refractivity contribution in [2.45, 2.75) is 31.7 Å². The summed E-state index contributed by atoms with van der Waals surface area (Å²) in [5.74, 6) is -0.989. The molecule has 0 spiro atoms. The molecule has 0 bridgehead atoms. The number of carbonyl (C=O) groups excluding carboxylic acids is 2. The van der Waals surface area contributed by atoms with Crippen molar-refractivity contribution in [2.24, 2.45) is 0 Å². The molecule has 0 aliphatic carbocycles. The van der Waals surface area contributed by atoms with Crippen molar-refractivity contribution in [2.75, 3.05) is 13.1 Å². The lowest BCUT2D eigenvalue weighted by atomic mass is 9.94. The van der Waals surface area contributed by atoms with E-state index >= 15 is 0 Å². The van der Waals surface area contributed by atoms with Crippen molar-refractivity contribution < 1.29 is 14.0 Å². The summed E-state index contributed by atoms with van der Waals surface area (Å²) < 4.78 is 13.5. The van der Waals surface area contributed by atoms with Gasteiger partial charge >= 0.3 is 0 Å². The number of aromatic amines is 1. The Bertz CT molecular complexity index is 1120. The van der Waals surface area contributed by atoms with Gasteiger partial charge in [0, 0.05) is 29.6 Å². The summed E-state index contributed by atoms with van der Waals surface area (Å²) in [6.07, 6.45) is 4.15. The van der Waals surface area contributed by atoms with Crippen LogP contribution in [0.15, 0.2) is 36.4 Å². The van der Waals surface area contributed by atoms with Crippen LogP contribution in [0.4, 0.5) is 4.39 Å². The molecule has 0 radical (unpaired) electrons. The van der Waals surface area contributed by atoms with Gasteiger partial charge in [0.25, 0.3) is 11.8 Å². The molecule has 2 aliphatic rings. The highest BCUT2D eigenvalue weighted by Gasteiger charge is 2.30. The molecule has 1 unspecified atom stereocenters. The molecule has 2 N–H and O–H groups in total. The van der Waals surface area contributed by atoms with Gasteiger partial charge in [-0.3, -0.25) is 24.9 Å². The monoisotopic (exact) mass is 428 g/mol. The van der Waals surface area contributed by atoms with Crippen LogP contribution in [0.5, 0.6) is 0 Å². The third-order valence-electron chi connectivity index (χ3n) is 5.97. The minimum Gasteiger partial charge on any atom is -0.296 e. The van der Waals surface area contributed by atoms with Gasteiger partial charge in [-0.1, -0.05) is 12.5 Å². The lowest BCUT2D eigenvalue weighted by Gasteiger charge is -2.35. The number of piperidine rings is 1. The second kappa shape index (κ2) is 8.16. The molecule has 2 aliphatic heterocycles. The Morgan fingerprint density at radius 2 is 1.77 bits per heavy atom. The zero-order chi connectivity index (χ0) is 20.0. The number of nitrogens with one attached hydrogen (secondary N) is 2. The van der Waals surface area contributed by atoms with E-state index < -0.39 is 0 Å². The highest BCUT2D eigenvalue weighted by molar-refractivity contribution is 6.21. The van der Waals surface area contributed by atoms with Gasteiger partial charge in [-0.05, 0) is 55.8 Å². The Morgan fingerprint density at radius 3 is 2.57 bits per heavy atom. The second-order valence-electron chi connectivity index (χ2n) is 7.77. The number of carbonyl (C=O) groups is 2. The fourth-order valence-corrected chi connectivity index (χ4v) is 4.47. The Labute approximate surface area is 179 Å². The van der Waals surface area contributed by atoms with E-state index in [0.29, 0.717) is 23.1 Å². The Balaban J connectivity index is 0.00000218. The standard InChI is InChI=1S/C22H21FN4O2.ClH/c23-14-5-7-16-18(11-14)25-26-19(16)12-20(27-8-2-1-3-9-27)13-4-6-15-17(10-13)22(29)24-21(15)28;/h4-7,10-11,20H,1-3,8-9,12H2,(H,25,26)(H,24,28,29);1H. The van der Waals surface area contributed by atoms with E-state index in [0.717, 1.165) is 42.6 Å². The van der Waals surface area contributed by atoms with Gasteiger partial charge in [0.1, 0.15) is 5.82 Å². The number of benzene rings is 2. The first-order valence-electron chi connectivity index (χ1n) is 9.96. The summed E-state index contributed by atoms with van der Waals surface area (Å²) in [7, 11) is 0. The molecule has 1 saturated heterocycles. The number of nitrogens with zero attached hydrogens (tertiary/aromatic N) is 2. The number of amides is 2. The zero-order valence-corrected chi connectivity index (χ0v) is 17.1. The number of hydrogen-bond donors (Lipinski definition) is 2. The maximum atomic E-state index is 13.5. The molecule has 8 heteroatoms. The van der Waals surface area contributed by atoms with Crippen molar-refractivity contribution >= 4 is 35.1 Å². The van der Waals surface area contributed by atoms with Crippen LogP contribution in [0.1, 0.15) is 57.3 Å². The minimum atomic E-state index is -0.341. The van der Waals surface area contributed by atoms with Gasteiger partial charge < -0.3 is 0 Å². The summed E-state index contributed by atoms with van der Waals surface area (Å²) in [5.41, 5.74) is 3.41. The number of likely N-dealkylation sites (tertiary alicyclic amines) is 1. The van der Waals surface area contributed by atoms with Gasteiger partial charge in [0.2, 0.25) is 0 Å². The van der Waals surface area contributed by atoms with Gasteiger partial charge in [-0.2, -0.15) is 5.10 Å². The quantitative estimate of drug-likeness (QED) is 0.620. The largest absolute Gasteiger partial charge is 0.296 e. The molecule has 3 heterocycles. The maximum absolute atomic E-state index is 13.5. The van der Waals surface area contributed by atoms with E-state index in [2.05, 4.69) is 20.4 Å². The smallest absolute Gasteiger partial charge is 0.258 e. The zero-order valence-electron chi connectivity index (χ0n) is 16.3. The van der Waals surface area contributed by atoms with Gasteiger partial charge in [-0.15, -0.1) is 12.4 Å². The van der Waals surface area contributed by atoms with Crippen LogP contribution in [-0.4, -0.2) is 40.0 Å².